The van der Waals surface area contributed by atoms with Gasteiger partial charge >= 0.3 is 0 Å². The zero-order valence-electron chi connectivity index (χ0n) is 12.8. The second-order valence-electron chi connectivity index (χ2n) is 4.61. The lowest BCUT2D eigenvalue weighted by Gasteiger charge is -2.09. The lowest BCUT2D eigenvalue weighted by atomic mass is 10.1. The van der Waals surface area contributed by atoms with Crippen LogP contribution in [0.15, 0.2) is 29.6 Å². The van der Waals surface area contributed by atoms with E-state index in [1.165, 1.54) is 12.3 Å². The fourth-order valence-corrected chi connectivity index (χ4v) is 2.53. The number of para-hydroxylation sites is 1. The summed E-state index contributed by atoms with van der Waals surface area (Å²) in [6.45, 7) is 1.44. The molecule has 0 aliphatic heterocycles. The van der Waals surface area contributed by atoms with Crippen molar-refractivity contribution in [3.05, 3.63) is 40.9 Å². The van der Waals surface area contributed by atoms with Crippen LogP contribution in [-0.2, 0) is 4.79 Å². The highest BCUT2D eigenvalue weighted by Crippen LogP contribution is 2.19. The Morgan fingerprint density at radius 2 is 1.96 bits per heavy atom. The number of hydrogen-bond acceptors (Lipinski definition) is 5. The highest BCUT2D eigenvalue weighted by molar-refractivity contribution is 7.14. The molecule has 0 saturated carbocycles. The molecule has 0 saturated heterocycles. The number of rotatable bonds is 5. The molecule has 8 heteroatoms. The molecule has 24 heavy (non-hydrogen) atoms. The second-order valence-corrected chi connectivity index (χ2v) is 5.46. The summed E-state index contributed by atoms with van der Waals surface area (Å²) >= 11 is 1.13. The van der Waals surface area contributed by atoms with Crippen LogP contribution in [0, 0.1) is 12.3 Å². The summed E-state index contributed by atoms with van der Waals surface area (Å²) in [5.74, 6) is 1.16. The predicted molar refractivity (Wildman–Crippen MR) is 92.0 cm³/mol. The molecule has 7 nitrogen and oxygen atoms in total. The van der Waals surface area contributed by atoms with Gasteiger partial charge in [0, 0.05) is 12.3 Å². The number of thiazole rings is 1. The Kier molecular flexibility index (Phi) is 5.65. The van der Waals surface area contributed by atoms with Gasteiger partial charge in [-0.05, 0) is 12.1 Å². The molecule has 1 aromatic heterocycles. The molecule has 0 atom stereocenters. The quantitative estimate of drug-likeness (QED) is 0.720. The molecule has 1 heterocycles. The largest absolute Gasteiger partial charge is 0.341 e. The molecule has 3 N–H and O–H groups in total. The molecule has 122 valence electrons. The zero-order valence-corrected chi connectivity index (χ0v) is 13.6. The van der Waals surface area contributed by atoms with Crippen molar-refractivity contribution in [2.75, 3.05) is 17.2 Å². The Labute approximate surface area is 142 Å². The van der Waals surface area contributed by atoms with E-state index in [-0.39, 0.29) is 24.1 Å². The molecule has 0 aliphatic rings. The zero-order chi connectivity index (χ0) is 17.5. The topological polar surface area (TPSA) is 100 Å². The van der Waals surface area contributed by atoms with Gasteiger partial charge in [0.15, 0.2) is 5.13 Å². The molecular weight excluding hydrogens is 328 g/mol. The maximum atomic E-state index is 12.3. The minimum atomic E-state index is -0.486. The van der Waals surface area contributed by atoms with Crippen LogP contribution in [0.2, 0.25) is 0 Å². The van der Waals surface area contributed by atoms with E-state index in [9.17, 15) is 14.4 Å². The van der Waals surface area contributed by atoms with Gasteiger partial charge in [-0.3, -0.25) is 14.4 Å². The van der Waals surface area contributed by atoms with E-state index in [4.69, 9.17) is 6.42 Å². The predicted octanol–water partition coefficient (Wildman–Crippen LogP) is 1.72. The monoisotopic (exact) mass is 342 g/mol. The van der Waals surface area contributed by atoms with Gasteiger partial charge in [-0.15, -0.1) is 17.8 Å². The minimum Gasteiger partial charge on any atom is -0.341 e. The van der Waals surface area contributed by atoms with Crippen LogP contribution in [-0.4, -0.2) is 29.3 Å². The molecule has 0 bridgehead atoms. The lowest BCUT2D eigenvalue weighted by Crippen LogP contribution is -2.25. The van der Waals surface area contributed by atoms with E-state index in [0.717, 1.165) is 11.3 Å². The van der Waals surface area contributed by atoms with Crippen LogP contribution in [0.4, 0.5) is 10.8 Å². The third-order valence-electron chi connectivity index (χ3n) is 2.79. The Morgan fingerprint density at radius 1 is 1.21 bits per heavy atom. The third kappa shape index (κ3) is 4.41. The Bertz CT molecular complexity index is 823. The third-order valence-corrected chi connectivity index (χ3v) is 3.55. The number of nitrogens with one attached hydrogen (secondary N) is 3. The maximum Gasteiger partial charge on any atom is 0.275 e. The van der Waals surface area contributed by atoms with Crippen LogP contribution in [0.1, 0.15) is 27.8 Å². The van der Waals surface area contributed by atoms with E-state index >= 15 is 0 Å². The molecule has 0 unspecified atom stereocenters. The van der Waals surface area contributed by atoms with Gasteiger partial charge in [0.05, 0.1) is 17.8 Å². The lowest BCUT2D eigenvalue weighted by molar-refractivity contribution is -0.114. The number of carbonyl (C=O) groups excluding carboxylic acids is 3. The van der Waals surface area contributed by atoms with Crippen molar-refractivity contribution in [3.8, 4) is 12.3 Å². The SMILES string of the molecule is C#CCNC(=O)c1ccccc1NC(=O)c1csc(NC(C)=O)n1. The normalized spacial score (nSPS) is 9.67. The van der Waals surface area contributed by atoms with E-state index in [0.29, 0.717) is 16.4 Å². The highest BCUT2D eigenvalue weighted by Gasteiger charge is 2.16. The van der Waals surface area contributed by atoms with Crippen molar-refractivity contribution in [2.24, 2.45) is 0 Å². The average molecular weight is 342 g/mol. The smallest absolute Gasteiger partial charge is 0.275 e. The summed E-state index contributed by atoms with van der Waals surface area (Å²) in [6, 6.07) is 6.55. The van der Waals surface area contributed by atoms with Crippen LogP contribution >= 0.6 is 11.3 Å². The van der Waals surface area contributed by atoms with Crippen LogP contribution < -0.4 is 16.0 Å². The molecule has 1 aromatic carbocycles. The first kappa shape index (κ1) is 17.2. The molecule has 0 fully saturated rings. The van der Waals surface area contributed by atoms with Crippen molar-refractivity contribution >= 4 is 39.9 Å². The Balaban J connectivity index is 2.14. The van der Waals surface area contributed by atoms with Crippen LogP contribution in [0.3, 0.4) is 0 Å². The van der Waals surface area contributed by atoms with Crippen LogP contribution in [0.5, 0.6) is 0 Å². The standard InChI is InChI=1S/C16H14N4O3S/c1-3-8-17-14(22)11-6-4-5-7-12(11)19-15(23)13-9-24-16(20-13)18-10(2)21/h1,4-7,9H,8H2,2H3,(H,17,22)(H,19,23)(H,18,20,21). The molecule has 0 radical (unpaired) electrons. The molecule has 2 aromatic rings. The number of benzene rings is 1. The van der Waals surface area contributed by atoms with Crippen molar-refractivity contribution in [3.63, 3.8) is 0 Å². The first-order chi connectivity index (χ1) is 11.5. The van der Waals surface area contributed by atoms with Gasteiger partial charge < -0.3 is 16.0 Å². The molecule has 3 amide bonds. The molecule has 0 spiro atoms. The molecule has 2 rings (SSSR count). The fraction of sp³-hybridized carbons (Fsp3) is 0.125. The molecular formula is C16H14N4O3S. The number of hydrogen-bond donors (Lipinski definition) is 3. The van der Waals surface area contributed by atoms with Gasteiger partial charge in [-0.2, -0.15) is 0 Å². The highest BCUT2D eigenvalue weighted by atomic mass is 32.1. The Morgan fingerprint density at radius 3 is 2.67 bits per heavy atom. The number of anilines is 2. The summed E-state index contributed by atoms with van der Waals surface area (Å²) in [5.41, 5.74) is 0.770. The first-order valence-electron chi connectivity index (χ1n) is 6.86. The number of nitrogens with zero attached hydrogens (tertiary/aromatic N) is 1. The van der Waals surface area contributed by atoms with Gasteiger partial charge in [0.1, 0.15) is 5.69 Å². The second kappa shape index (κ2) is 7.89. The summed E-state index contributed by atoms with van der Waals surface area (Å²) in [7, 11) is 0. The maximum absolute atomic E-state index is 12.3. The Hall–Kier alpha value is -3.18. The summed E-state index contributed by atoms with van der Waals surface area (Å²) in [5, 5.41) is 9.52. The summed E-state index contributed by atoms with van der Waals surface area (Å²) in [4.78, 5) is 39.3. The summed E-state index contributed by atoms with van der Waals surface area (Å²) < 4.78 is 0. The summed E-state index contributed by atoms with van der Waals surface area (Å²) in [6.07, 6.45) is 5.11. The van der Waals surface area contributed by atoms with Gasteiger partial charge in [-0.25, -0.2) is 4.98 Å². The van der Waals surface area contributed by atoms with Crippen molar-refractivity contribution in [1.82, 2.24) is 10.3 Å². The number of carbonyl (C=O) groups is 3. The molecule has 0 aliphatic carbocycles. The van der Waals surface area contributed by atoms with Crippen molar-refractivity contribution in [1.29, 1.82) is 0 Å². The number of terminal acetylenes is 1. The fourth-order valence-electron chi connectivity index (χ4n) is 1.79. The van der Waals surface area contributed by atoms with E-state index in [1.54, 1.807) is 24.3 Å². The van der Waals surface area contributed by atoms with Gasteiger partial charge in [0.25, 0.3) is 11.8 Å². The van der Waals surface area contributed by atoms with E-state index in [2.05, 4.69) is 26.9 Å². The average Bonchev–Trinajstić information content (AvgIpc) is 3.01. The van der Waals surface area contributed by atoms with Crippen LogP contribution in [0.25, 0.3) is 0 Å². The van der Waals surface area contributed by atoms with Crippen molar-refractivity contribution < 1.29 is 14.4 Å². The van der Waals surface area contributed by atoms with E-state index in [1.807, 2.05) is 0 Å². The van der Waals surface area contributed by atoms with Gasteiger partial charge in [0.2, 0.25) is 5.91 Å². The van der Waals surface area contributed by atoms with Crippen molar-refractivity contribution in [2.45, 2.75) is 6.92 Å². The number of amides is 3. The number of aromatic nitrogens is 1. The van der Waals surface area contributed by atoms with Gasteiger partial charge in [-0.1, -0.05) is 18.1 Å². The van der Waals surface area contributed by atoms with E-state index < -0.39 is 5.91 Å². The minimum absolute atomic E-state index is 0.0906. The first-order valence-corrected chi connectivity index (χ1v) is 7.74.